The number of rotatable bonds is 6. The predicted molar refractivity (Wildman–Crippen MR) is 90.4 cm³/mol. The molecule has 0 bridgehead atoms. The van der Waals surface area contributed by atoms with Gasteiger partial charge in [0.05, 0.1) is 13.5 Å². The molecule has 6 nitrogen and oxygen atoms in total. The Morgan fingerprint density at radius 3 is 2.58 bits per heavy atom. The second kappa shape index (κ2) is 7.41. The molecule has 0 aliphatic heterocycles. The summed E-state index contributed by atoms with van der Waals surface area (Å²) in [7, 11) is 1.62. The van der Waals surface area contributed by atoms with Crippen molar-refractivity contribution in [1.82, 2.24) is 20.5 Å². The minimum Gasteiger partial charge on any atom is -0.497 e. The van der Waals surface area contributed by atoms with Gasteiger partial charge in [0.25, 0.3) is 0 Å². The van der Waals surface area contributed by atoms with Gasteiger partial charge in [0.1, 0.15) is 11.6 Å². The number of ether oxygens (including phenoxy) is 1. The minimum atomic E-state index is -0.110. The van der Waals surface area contributed by atoms with Crippen molar-refractivity contribution in [2.75, 3.05) is 7.11 Å². The van der Waals surface area contributed by atoms with E-state index in [4.69, 9.17) is 4.74 Å². The average Bonchev–Trinajstić information content (AvgIpc) is 3.09. The zero-order valence-corrected chi connectivity index (χ0v) is 13.3. The summed E-state index contributed by atoms with van der Waals surface area (Å²) < 4.78 is 5.11. The number of aromatic nitrogens is 3. The van der Waals surface area contributed by atoms with Crippen LogP contribution in [0.3, 0.4) is 0 Å². The molecule has 6 heteroatoms. The Balaban J connectivity index is 1.54. The molecule has 0 fully saturated rings. The van der Waals surface area contributed by atoms with Crippen molar-refractivity contribution in [1.29, 1.82) is 0 Å². The second-order valence-corrected chi connectivity index (χ2v) is 5.27. The Morgan fingerprint density at radius 1 is 1.12 bits per heavy atom. The van der Waals surface area contributed by atoms with Gasteiger partial charge in [-0.15, -0.1) is 0 Å². The SMILES string of the molecule is COc1ccc(CNC(=O)Cc2nc(-c3ccccc3)n[nH]2)cc1. The number of methoxy groups -OCH3 is 1. The van der Waals surface area contributed by atoms with E-state index in [2.05, 4.69) is 20.5 Å². The molecule has 1 heterocycles. The lowest BCUT2D eigenvalue weighted by Gasteiger charge is -2.05. The molecule has 3 aromatic rings. The van der Waals surface area contributed by atoms with E-state index in [1.54, 1.807) is 7.11 Å². The maximum absolute atomic E-state index is 12.0. The van der Waals surface area contributed by atoms with Crippen molar-refractivity contribution >= 4 is 5.91 Å². The zero-order valence-electron chi connectivity index (χ0n) is 13.3. The molecule has 3 rings (SSSR count). The van der Waals surface area contributed by atoms with E-state index < -0.39 is 0 Å². The molecule has 2 aromatic carbocycles. The molecule has 2 N–H and O–H groups in total. The third kappa shape index (κ3) is 3.98. The summed E-state index contributed by atoms with van der Waals surface area (Å²) in [5, 5.41) is 9.82. The summed E-state index contributed by atoms with van der Waals surface area (Å²) in [4.78, 5) is 16.4. The van der Waals surface area contributed by atoms with Crippen LogP contribution in [0.4, 0.5) is 0 Å². The van der Waals surface area contributed by atoms with Crippen molar-refractivity contribution in [2.24, 2.45) is 0 Å². The number of hydrogen-bond donors (Lipinski definition) is 2. The smallest absolute Gasteiger partial charge is 0.227 e. The lowest BCUT2D eigenvalue weighted by Crippen LogP contribution is -2.25. The quantitative estimate of drug-likeness (QED) is 0.730. The first-order valence-electron chi connectivity index (χ1n) is 7.61. The molecule has 1 amide bonds. The second-order valence-electron chi connectivity index (χ2n) is 5.27. The number of carbonyl (C=O) groups excluding carboxylic acids is 1. The Hall–Kier alpha value is -3.15. The molecule has 0 spiro atoms. The molecule has 0 aliphatic carbocycles. The van der Waals surface area contributed by atoms with Gasteiger partial charge in [0, 0.05) is 12.1 Å². The topological polar surface area (TPSA) is 79.9 Å². The van der Waals surface area contributed by atoms with Crippen LogP contribution < -0.4 is 10.1 Å². The fourth-order valence-electron chi connectivity index (χ4n) is 2.25. The molecule has 0 aliphatic rings. The van der Waals surface area contributed by atoms with Crippen molar-refractivity contribution in [2.45, 2.75) is 13.0 Å². The van der Waals surface area contributed by atoms with Crippen molar-refractivity contribution in [3.05, 3.63) is 66.0 Å². The fraction of sp³-hybridized carbons (Fsp3) is 0.167. The number of nitrogens with one attached hydrogen (secondary N) is 2. The Morgan fingerprint density at radius 2 is 1.88 bits per heavy atom. The number of aromatic amines is 1. The van der Waals surface area contributed by atoms with Gasteiger partial charge in [0.15, 0.2) is 5.82 Å². The monoisotopic (exact) mass is 322 g/mol. The third-order valence-corrected chi connectivity index (χ3v) is 3.54. The van der Waals surface area contributed by atoms with Crippen LogP contribution in [0.5, 0.6) is 5.75 Å². The molecule has 0 saturated heterocycles. The standard InChI is InChI=1S/C18H18N4O2/c1-24-15-9-7-13(8-10-15)12-19-17(23)11-16-20-18(22-21-16)14-5-3-2-4-6-14/h2-10H,11-12H2,1H3,(H,19,23)(H,20,21,22). The summed E-state index contributed by atoms with van der Waals surface area (Å²) in [6, 6.07) is 17.2. The molecular formula is C18H18N4O2. The van der Waals surface area contributed by atoms with Crippen LogP contribution in [-0.4, -0.2) is 28.2 Å². The summed E-state index contributed by atoms with van der Waals surface area (Å²) in [5.41, 5.74) is 1.92. The van der Waals surface area contributed by atoms with Gasteiger partial charge in [-0.25, -0.2) is 4.98 Å². The number of amides is 1. The summed E-state index contributed by atoms with van der Waals surface area (Å²) in [6.45, 7) is 0.461. The highest BCUT2D eigenvalue weighted by Gasteiger charge is 2.09. The van der Waals surface area contributed by atoms with Gasteiger partial charge < -0.3 is 10.1 Å². The van der Waals surface area contributed by atoms with Crippen LogP contribution in [0.2, 0.25) is 0 Å². The van der Waals surface area contributed by atoms with Crippen LogP contribution >= 0.6 is 0 Å². The average molecular weight is 322 g/mol. The van der Waals surface area contributed by atoms with E-state index in [0.717, 1.165) is 16.9 Å². The Labute approximate surface area is 139 Å². The fourth-order valence-corrected chi connectivity index (χ4v) is 2.25. The van der Waals surface area contributed by atoms with Crippen LogP contribution in [0.1, 0.15) is 11.4 Å². The van der Waals surface area contributed by atoms with Gasteiger partial charge >= 0.3 is 0 Å². The summed E-state index contributed by atoms with van der Waals surface area (Å²) in [5.74, 6) is 1.82. The first-order chi connectivity index (χ1) is 11.7. The number of carbonyl (C=O) groups is 1. The van der Waals surface area contributed by atoms with E-state index in [9.17, 15) is 4.79 Å². The first kappa shape index (κ1) is 15.7. The largest absolute Gasteiger partial charge is 0.497 e. The molecule has 122 valence electrons. The summed E-state index contributed by atoms with van der Waals surface area (Å²) >= 11 is 0. The van der Waals surface area contributed by atoms with E-state index in [1.807, 2.05) is 54.6 Å². The zero-order chi connectivity index (χ0) is 16.8. The van der Waals surface area contributed by atoms with Crippen molar-refractivity contribution in [3.63, 3.8) is 0 Å². The van der Waals surface area contributed by atoms with Gasteiger partial charge in [-0.1, -0.05) is 42.5 Å². The Kier molecular flexibility index (Phi) is 4.86. The third-order valence-electron chi connectivity index (χ3n) is 3.54. The summed E-state index contributed by atoms with van der Waals surface area (Å²) in [6.07, 6.45) is 0.163. The highest BCUT2D eigenvalue weighted by molar-refractivity contribution is 5.77. The van der Waals surface area contributed by atoms with Crippen LogP contribution in [0.15, 0.2) is 54.6 Å². The molecule has 0 saturated carbocycles. The van der Waals surface area contributed by atoms with Crippen molar-refractivity contribution in [3.8, 4) is 17.1 Å². The highest BCUT2D eigenvalue weighted by atomic mass is 16.5. The minimum absolute atomic E-state index is 0.110. The van der Waals surface area contributed by atoms with Gasteiger partial charge in [-0.2, -0.15) is 5.10 Å². The van der Waals surface area contributed by atoms with Gasteiger partial charge in [0.2, 0.25) is 5.91 Å². The first-order valence-corrected chi connectivity index (χ1v) is 7.61. The lowest BCUT2D eigenvalue weighted by atomic mass is 10.2. The van der Waals surface area contributed by atoms with E-state index in [-0.39, 0.29) is 12.3 Å². The molecule has 0 unspecified atom stereocenters. The maximum atomic E-state index is 12.0. The van der Waals surface area contributed by atoms with E-state index >= 15 is 0 Å². The van der Waals surface area contributed by atoms with Crippen LogP contribution in [0, 0.1) is 0 Å². The van der Waals surface area contributed by atoms with Gasteiger partial charge in [-0.05, 0) is 17.7 Å². The normalized spacial score (nSPS) is 10.4. The van der Waals surface area contributed by atoms with Crippen molar-refractivity contribution < 1.29 is 9.53 Å². The van der Waals surface area contributed by atoms with Gasteiger partial charge in [-0.3, -0.25) is 9.89 Å². The van der Waals surface area contributed by atoms with E-state index in [1.165, 1.54) is 0 Å². The number of H-pyrrole nitrogens is 1. The molecule has 24 heavy (non-hydrogen) atoms. The Bertz CT molecular complexity index is 797. The maximum Gasteiger partial charge on any atom is 0.227 e. The number of hydrogen-bond acceptors (Lipinski definition) is 4. The highest BCUT2D eigenvalue weighted by Crippen LogP contribution is 2.13. The molecule has 0 radical (unpaired) electrons. The molecule has 0 atom stereocenters. The molecule has 1 aromatic heterocycles. The lowest BCUT2D eigenvalue weighted by molar-refractivity contribution is -0.120. The van der Waals surface area contributed by atoms with E-state index in [0.29, 0.717) is 18.2 Å². The number of nitrogens with zero attached hydrogens (tertiary/aromatic N) is 2. The number of benzene rings is 2. The molecular weight excluding hydrogens is 304 g/mol. The van der Waals surface area contributed by atoms with Crippen LogP contribution in [0.25, 0.3) is 11.4 Å². The van der Waals surface area contributed by atoms with Crippen LogP contribution in [-0.2, 0) is 17.8 Å². The predicted octanol–water partition coefficient (Wildman–Crippen LogP) is 2.34.